The number of halogens is 2. The second-order valence-corrected chi connectivity index (χ2v) is 8.27. The molecule has 0 unspecified atom stereocenters. The highest BCUT2D eigenvalue weighted by molar-refractivity contribution is 8.13. The van der Waals surface area contributed by atoms with Gasteiger partial charge in [0, 0.05) is 35.5 Å². The van der Waals surface area contributed by atoms with Crippen LogP contribution in [-0.4, -0.2) is 35.2 Å². The molecule has 1 aromatic carbocycles. The van der Waals surface area contributed by atoms with E-state index in [1.54, 1.807) is 18.2 Å². The topological polar surface area (TPSA) is 71.5 Å². The molecule has 0 bridgehead atoms. The van der Waals surface area contributed by atoms with Crippen molar-refractivity contribution in [3.05, 3.63) is 30.3 Å². The summed E-state index contributed by atoms with van der Waals surface area (Å²) in [6.45, 7) is 0. The lowest BCUT2D eigenvalue weighted by atomic mass is 10.4. The number of hydrogen-bond donors (Lipinski definition) is 0. The first-order valence-electron chi connectivity index (χ1n) is 4.17. The molecule has 1 aromatic rings. The van der Waals surface area contributed by atoms with Gasteiger partial charge >= 0.3 is 0 Å². The Balaban J connectivity index is 0.000000325. The fourth-order valence-electron chi connectivity index (χ4n) is 0.583. The summed E-state index contributed by atoms with van der Waals surface area (Å²) in [5, 5.41) is 0. The maximum Gasteiger partial charge on any atom is 0.299 e. The van der Waals surface area contributed by atoms with Gasteiger partial charge in [-0.05, 0) is 12.1 Å². The normalized spacial score (nSPS) is 11.8. The van der Waals surface area contributed by atoms with Crippen molar-refractivity contribution >= 4 is 39.7 Å². The third-order valence-corrected chi connectivity index (χ3v) is 4.53. The van der Waals surface area contributed by atoms with Crippen LogP contribution in [-0.2, 0) is 18.3 Å². The molecule has 98 valence electrons. The van der Waals surface area contributed by atoms with Gasteiger partial charge < -0.3 is 0 Å². The lowest BCUT2D eigenvalue weighted by molar-refractivity contribution is 0.537. The summed E-state index contributed by atoms with van der Waals surface area (Å²) < 4.78 is 42.2. The Morgan fingerprint density at radius 2 is 1.29 bits per heavy atom. The van der Waals surface area contributed by atoms with Gasteiger partial charge in [0.15, 0.2) is 0 Å². The van der Waals surface area contributed by atoms with Crippen LogP contribution in [0.2, 0.25) is 0 Å². The SMILES string of the molecule is CN(C)S(=O)(=O)Cl.O=S(=O)(Cl)c1ccccc1. The van der Waals surface area contributed by atoms with Gasteiger partial charge in [0.2, 0.25) is 0 Å². The molecule has 0 saturated heterocycles. The molecule has 17 heavy (non-hydrogen) atoms. The minimum Gasteiger partial charge on any atom is -0.207 e. The number of benzene rings is 1. The molecule has 0 radical (unpaired) electrons. The summed E-state index contributed by atoms with van der Waals surface area (Å²) in [6.07, 6.45) is 0. The Morgan fingerprint density at radius 3 is 1.47 bits per heavy atom. The molecule has 0 aliphatic heterocycles. The summed E-state index contributed by atoms with van der Waals surface area (Å²) in [4.78, 5) is 0.136. The molecule has 0 N–H and O–H groups in total. The van der Waals surface area contributed by atoms with Crippen molar-refractivity contribution in [3.63, 3.8) is 0 Å². The van der Waals surface area contributed by atoms with Crippen LogP contribution in [0, 0.1) is 0 Å². The number of rotatable bonds is 2. The second kappa shape index (κ2) is 6.55. The zero-order valence-electron chi connectivity index (χ0n) is 9.04. The van der Waals surface area contributed by atoms with Crippen LogP contribution in [0.1, 0.15) is 0 Å². The lowest BCUT2D eigenvalue weighted by Gasteiger charge is -2.00. The van der Waals surface area contributed by atoms with E-state index in [0.717, 1.165) is 4.31 Å². The van der Waals surface area contributed by atoms with Gasteiger partial charge in [-0.2, -0.15) is 12.7 Å². The van der Waals surface area contributed by atoms with Crippen molar-refractivity contribution in [2.24, 2.45) is 0 Å². The molecule has 9 heteroatoms. The van der Waals surface area contributed by atoms with Crippen LogP contribution in [0.5, 0.6) is 0 Å². The average Bonchev–Trinajstić information content (AvgIpc) is 2.17. The van der Waals surface area contributed by atoms with E-state index < -0.39 is 18.3 Å². The van der Waals surface area contributed by atoms with Gasteiger partial charge in [0.1, 0.15) is 0 Å². The fraction of sp³-hybridized carbons (Fsp3) is 0.250. The van der Waals surface area contributed by atoms with Gasteiger partial charge in [-0.1, -0.05) is 18.2 Å². The minimum atomic E-state index is -3.53. The first-order chi connectivity index (χ1) is 7.55. The summed E-state index contributed by atoms with van der Waals surface area (Å²) in [5.74, 6) is 0. The lowest BCUT2D eigenvalue weighted by Crippen LogP contribution is -2.15. The molecule has 5 nitrogen and oxygen atoms in total. The highest BCUT2D eigenvalue weighted by Gasteiger charge is 2.06. The van der Waals surface area contributed by atoms with Crippen molar-refractivity contribution in [2.45, 2.75) is 4.90 Å². The quantitative estimate of drug-likeness (QED) is 0.777. The molecule has 0 heterocycles. The van der Waals surface area contributed by atoms with E-state index in [0.29, 0.717) is 0 Å². The minimum absolute atomic E-state index is 0.136. The molecule has 0 aliphatic carbocycles. The van der Waals surface area contributed by atoms with Gasteiger partial charge in [0.25, 0.3) is 18.3 Å². The van der Waals surface area contributed by atoms with Crippen LogP contribution in [0.3, 0.4) is 0 Å². The van der Waals surface area contributed by atoms with Gasteiger partial charge in [-0.15, -0.1) is 0 Å². The van der Waals surface area contributed by atoms with E-state index in [2.05, 4.69) is 0 Å². The summed E-state index contributed by atoms with van der Waals surface area (Å²) >= 11 is 0. The molecule has 0 saturated carbocycles. The zero-order chi connectivity index (χ0) is 13.7. The molecular weight excluding hydrogens is 309 g/mol. The Labute approximate surface area is 110 Å². The van der Waals surface area contributed by atoms with Crippen LogP contribution in [0.4, 0.5) is 0 Å². The maximum atomic E-state index is 10.6. The molecule has 1 rings (SSSR count). The van der Waals surface area contributed by atoms with Crippen molar-refractivity contribution < 1.29 is 16.8 Å². The largest absolute Gasteiger partial charge is 0.299 e. The molecule has 0 aromatic heterocycles. The van der Waals surface area contributed by atoms with Crippen LogP contribution in [0.25, 0.3) is 0 Å². The third kappa shape index (κ3) is 7.56. The molecule has 0 aliphatic rings. The van der Waals surface area contributed by atoms with Gasteiger partial charge in [0.05, 0.1) is 4.90 Å². The predicted octanol–water partition coefficient (Wildman–Crippen LogP) is 1.65. The van der Waals surface area contributed by atoms with Gasteiger partial charge in [-0.3, -0.25) is 0 Å². The summed E-state index contributed by atoms with van der Waals surface area (Å²) in [6, 6.07) is 7.86. The van der Waals surface area contributed by atoms with Crippen LogP contribution in [0.15, 0.2) is 35.2 Å². The van der Waals surface area contributed by atoms with E-state index in [9.17, 15) is 16.8 Å². The fourth-order valence-corrected chi connectivity index (χ4v) is 1.37. The molecular formula is C8H11Cl2NO4S2. The van der Waals surface area contributed by atoms with E-state index in [1.807, 2.05) is 0 Å². The zero-order valence-corrected chi connectivity index (χ0v) is 12.2. The molecule has 0 atom stereocenters. The van der Waals surface area contributed by atoms with Crippen LogP contribution >= 0.6 is 21.4 Å². The predicted molar refractivity (Wildman–Crippen MR) is 67.9 cm³/mol. The first kappa shape index (κ1) is 16.7. The van der Waals surface area contributed by atoms with Crippen molar-refractivity contribution in [1.82, 2.24) is 4.31 Å². The van der Waals surface area contributed by atoms with Crippen molar-refractivity contribution in [1.29, 1.82) is 0 Å². The van der Waals surface area contributed by atoms with E-state index in [1.165, 1.54) is 26.2 Å². The van der Waals surface area contributed by atoms with Crippen molar-refractivity contribution in [2.75, 3.05) is 14.1 Å². The molecule has 0 amide bonds. The third-order valence-electron chi connectivity index (χ3n) is 1.46. The number of hydrogen-bond acceptors (Lipinski definition) is 4. The Morgan fingerprint density at radius 1 is 0.941 bits per heavy atom. The summed E-state index contributed by atoms with van der Waals surface area (Å²) in [7, 11) is 5.56. The monoisotopic (exact) mass is 319 g/mol. The Kier molecular flexibility index (Phi) is 6.42. The van der Waals surface area contributed by atoms with Crippen LogP contribution < -0.4 is 0 Å². The van der Waals surface area contributed by atoms with Gasteiger partial charge in [-0.25, -0.2) is 8.42 Å². The number of nitrogens with zero attached hydrogens (tertiary/aromatic N) is 1. The first-order valence-corrected chi connectivity index (χ1v) is 8.74. The summed E-state index contributed by atoms with van der Waals surface area (Å²) in [5.41, 5.74) is 0. The average molecular weight is 320 g/mol. The smallest absolute Gasteiger partial charge is 0.207 e. The highest BCUT2D eigenvalue weighted by atomic mass is 35.7. The van der Waals surface area contributed by atoms with Crippen molar-refractivity contribution in [3.8, 4) is 0 Å². The van der Waals surface area contributed by atoms with E-state index >= 15 is 0 Å². The molecule has 0 spiro atoms. The second-order valence-electron chi connectivity index (χ2n) is 2.98. The Bertz CT molecular complexity index is 540. The highest BCUT2D eigenvalue weighted by Crippen LogP contribution is 2.12. The molecule has 0 fully saturated rings. The maximum absolute atomic E-state index is 10.6. The Hall–Kier alpha value is -0.340. The van der Waals surface area contributed by atoms with E-state index in [-0.39, 0.29) is 4.90 Å². The standard InChI is InChI=1S/C6H5ClO2S.C2H6ClNO2S/c7-10(8,9)6-4-2-1-3-5-6;1-4(2)7(3,5)6/h1-5H;1-2H3. The van der Waals surface area contributed by atoms with E-state index in [4.69, 9.17) is 21.4 Å².